The van der Waals surface area contributed by atoms with E-state index in [0.717, 1.165) is 28.9 Å². The van der Waals surface area contributed by atoms with E-state index in [0.29, 0.717) is 12.0 Å². The summed E-state index contributed by atoms with van der Waals surface area (Å²) in [4.78, 5) is 39.4. The maximum absolute atomic E-state index is 12.8. The largest absolute Gasteiger partial charge is 0.293 e. The molecule has 0 bridgehead atoms. The standard InChI is InChI=1S/C16H15NO3/c1-15-12(18)10-7-3-5-9-6-4-8-16(15,11(9)10)14(20)17(2)13(15)19/h3,5,7H,4,6,8H2,1-2H3. The third kappa shape index (κ3) is 0.883. The molecule has 0 radical (unpaired) electrons. The van der Waals surface area contributed by atoms with Crippen molar-refractivity contribution in [3.8, 4) is 0 Å². The van der Waals surface area contributed by atoms with Crippen LogP contribution in [0.25, 0.3) is 0 Å². The van der Waals surface area contributed by atoms with Crippen LogP contribution in [0.2, 0.25) is 0 Å². The quantitative estimate of drug-likeness (QED) is 0.529. The lowest BCUT2D eigenvalue weighted by molar-refractivity contribution is -0.139. The second kappa shape index (κ2) is 3.19. The number of carbonyl (C=O) groups excluding carboxylic acids is 3. The number of hydrogen-bond donors (Lipinski definition) is 0. The van der Waals surface area contributed by atoms with Crippen molar-refractivity contribution in [2.75, 3.05) is 7.05 Å². The van der Waals surface area contributed by atoms with E-state index in [1.165, 1.54) is 7.05 Å². The van der Waals surface area contributed by atoms with E-state index >= 15 is 0 Å². The molecular formula is C16H15NO3. The van der Waals surface area contributed by atoms with Crippen molar-refractivity contribution in [3.05, 3.63) is 34.9 Å². The van der Waals surface area contributed by atoms with Crippen LogP contribution in [0.4, 0.5) is 0 Å². The Kier molecular flexibility index (Phi) is 1.89. The van der Waals surface area contributed by atoms with Crippen molar-refractivity contribution in [2.45, 2.75) is 31.6 Å². The predicted molar refractivity (Wildman–Crippen MR) is 71.3 cm³/mol. The fourth-order valence-electron chi connectivity index (χ4n) is 4.56. The molecule has 4 rings (SSSR count). The molecule has 0 N–H and O–H groups in total. The second-order valence-corrected chi connectivity index (χ2v) is 6.22. The van der Waals surface area contributed by atoms with Crippen molar-refractivity contribution in [3.63, 3.8) is 0 Å². The number of amides is 2. The highest BCUT2D eigenvalue weighted by atomic mass is 16.2. The molecule has 4 nitrogen and oxygen atoms in total. The SMILES string of the molecule is CN1C(=O)C2(C)C(=O)c3cccc4c3C2(CCC4)C1=O. The molecule has 1 fully saturated rings. The van der Waals surface area contributed by atoms with Crippen LogP contribution in [0.3, 0.4) is 0 Å². The van der Waals surface area contributed by atoms with E-state index in [9.17, 15) is 14.4 Å². The van der Waals surface area contributed by atoms with Gasteiger partial charge in [0.2, 0.25) is 11.8 Å². The lowest BCUT2D eigenvalue weighted by atomic mass is 9.60. The van der Waals surface area contributed by atoms with Gasteiger partial charge >= 0.3 is 0 Å². The predicted octanol–water partition coefficient (Wildman–Crippen LogP) is 1.46. The molecule has 1 aromatic rings. The van der Waals surface area contributed by atoms with Gasteiger partial charge in [-0.25, -0.2) is 0 Å². The Bertz CT molecular complexity index is 708. The number of rotatable bonds is 0. The summed E-state index contributed by atoms with van der Waals surface area (Å²) in [5, 5.41) is 0. The van der Waals surface area contributed by atoms with Crippen molar-refractivity contribution < 1.29 is 14.4 Å². The fourth-order valence-corrected chi connectivity index (χ4v) is 4.56. The van der Waals surface area contributed by atoms with Gasteiger partial charge in [-0.05, 0) is 37.3 Å². The highest BCUT2D eigenvalue weighted by molar-refractivity contribution is 6.30. The first-order chi connectivity index (χ1) is 9.46. The third-order valence-electron chi connectivity index (χ3n) is 5.53. The van der Waals surface area contributed by atoms with Gasteiger partial charge in [-0.2, -0.15) is 0 Å². The smallest absolute Gasteiger partial charge is 0.244 e. The first-order valence-electron chi connectivity index (χ1n) is 6.96. The summed E-state index contributed by atoms with van der Waals surface area (Å²) in [6.07, 6.45) is 2.31. The summed E-state index contributed by atoms with van der Waals surface area (Å²) in [5.41, 5.74) is 0.292. The Balaban J connectivity index is 2.17. The van der Waals surface area contributed by atoms with Gasteiger partial charge in [-0.15, -0.1) is 0 Å². The Labute approximate surface area is 116 Å². The molecule has 1 aromatic carbocycles. The molecule has 2 atom stereocenters. The number of hydrogen-bond acceptors (Lipinski definition) is 3. The van der Waals surface area contributed by atoms with Gasteiger partial charge in [0.15, 0.2) is 5.78 Å². The average Bonchev–Trinajstić information content (AvgIpc) is 2.75. The molecule has 1 heterocycles. The Morgan fingerprint density at radius 1 is 1.15 bits per heavy atom. The van der Waals surface area contributed by atoms with Crippen LogP contribution >= 0.6 is 0 Å². The van der Waals surface area contributed by atoms with E-state index in [1.807, 2.05) is 12.1 Å². The molecular weight excluding hydrogens is 254 g/mol. The Morgan fingerprint density at radius 3 is 2.65 bits per heavy atom. The van der Waals surface area contributed by atoms with Crippen LogP contribution < -0.4 is 0 Å². The van der Waals surface area contributed by atoms with Crippen LogP contribution in [0.5, 0.6) is 0 Å². The van der Waals surface area contributed by atoms with Gasteiger partial charge in [-0.1, -0.05) is 18.2 Å². The zero-order valence-corrected chi connectivity index (χ0v) is 11.5. The van der Waals surface area contributed by atoms with Gasteiger partial charge in [0.25, 0.3) is 0 Å². The van der Waals surface area contributed by atoms with Gasteiger partial charge in [0, 0.05) is 12.6 Å². The van der Waals surface area contributed by atoms with Crippen LogP contribution in [-0.2, 0) is 21.4 Å². The first kappa shape index (κ1) is 11.8. The van der Waals surface area contributed by atoms with Crippen molar-refractivity contribution in [2.24, 2.45) is 5.41 Å². The Hall–Kier alpha value is -1.97. The summed E-state index contributed by atoms with van der Waals surface area (Å²) >= 11 is 0. The van der Waals surface area contributed by atoms with Gasteiger partial charge in [0.1, 0.15) is 5.41 Å². The maximum Gasteiger partial charge on any atom is 0.244 e. The molecule has 1 aliphatic heterocycles. The maximum atomic E-state index is 12.8. The van der Waals surface area contributed by atoms with E-state index < -0.39 is 10.8 Å². The summed E-state index contributed by atoms with van der Waals surface area (Å²) in [6.45, 7) is 1.66. The van der Waals surface area contributed by atoms with Crippen LogP contribution in [0.15, 0.2) is 18.2 Å². The zero-order valence-electron chi connectivity index (χ0n) is 11.5. The van der Waals surface area contributed by atoms with Crippen LogP contribution in [-0.4, -0.2) is 29.5 Å². The molecule has 2 unspecified atom stereocenters. The summed E-state index contributed by atoms with van der Waals surface area (Å²) < 4.78 is 0. The number of imide groups is 1. The summed E-state index contributed by atoms with van der Waals surface area (Å²) in [6, 6.07) is 5.60. The molecule has 20 heavy (non-hydrogen) atoms. The molecule has 2 amide bonds. The minimum atomic E-state index is -1.24. The molecule has 1 spiro atoms. The minimum Gasteiger partial charge on any atom is -0.293 e. The number of benzene rings is 1. The van der Waals surface area contributed by atoms with E-state index in [1.54, 1.807) is 13.0 Å². The number of carbonyl (C=O) groups is 3. The second-order valence-electron chi connectivity index (χ2n) is 6.22. The number of likely N-dealkylation sites (tertiary alicyclic amines) is 1. The molecule has 0 saturated carbocycles. The molecule has 102 valence electrons. The lowest BCUT2D eigenvalue weighted by Crippen LogP contribution is -2.47. The Morgan fingerprint density at radius 2 is 1.90 bits per heavy atom. The number of aryl methyl sites for hydroxylation is 1. The van der Waals surface area contributed by atoms with Crippen LogP contribution in [0.1, 0.15) is 41.3 Å². The van der Waals surface area contributed by atoms with Crippen molar-refractivity contribution >= 4 is 17.6 Å². The van der Waals surface area contributed by atoms with Crippen molar-refractivity contribution in [1.82, 2.24) is 4.90 Å². The monoisotopic (exact) mass is 269 g/mol. The minimum absolute atomic E-state index is 0.182. The number of Topliss-reactive ketones (excluding diaryl/α,β-unsaturated/α-hetero) is 1. The summed E-state index contributed by atoms with van der Waals surface area (Å²) in [5.74, 6) is -0.736. The number of likely N-dealkylation sites (N-methyl/N-ethyl adjacent to an activating group) is 1. The third-order valence-corrected chi connectivity index (χ3v) is 5.53. The summed E-state index contributed by atoms with van der Waals surface area (Å²) in [7, 11) is 1.49. The average molecular weight is 269 g/mol. The molecule has 0 aromatic heterocycles. The molecule has 2 aliphatic carbocycles. The van der Waals surface area contributed by atoms with Crippen molar-refractivity contribution in [1.29, 1.82) is 0 Å². The molecule has 3 aliphatic rings. The number of nitrogens with zero attached hydrogens (tertiary/aromatic N) is 1. The van der Waals surface area contributed by atoms with E-state index in [4.69, 9.17) is 0 Å². The zero-order chi connectivity index (χ0) is 14.3. The molecule has 1 saturated heterocycles. The first-order valence-corrected chi connectivity index (χ1v) is 6.96. The highest BCUT2D eigenvalue weighted by Gasteiger charge is 2.74. The normalized spacial score (nSPS) is 34.5. The van der Waals surface area contributed by atoms with Crippen LogP contribution in [0, 0.1) is 5.41 Å². The van der Waals surface area contributed by atoms with E-state index in [2.05, 4.69) is 0 Å². The fraction of sp³-hybridized carbons (Fsp3) is 0.438. The highest BCUT2D eigenvalue weighted by Crippen LogP contribution is 2.61. The topological polar surface area (TPSA) is 54.5 Å². The number of ketones is 1. The van der Waals surface area contributed by atoms with E-state index in [-0.39, 0.29) is 17.6 Å². The van der Waals surface area contributed by atoms with Gasteiger partial charge < -0.3 is 0 Å². The van der Waals surface area contributed by atoms with Gasteiger partial charge in [-0.3, -0.25) is 19.3 Å². The molecule has 4 heteroatoms. The van der Waals surface area contributed by atoms with Gasteiger partial charge in [0.05, 0.1) is 5.41 Å². The lowest BCUT2D eigenvalue weighted by Gasteiger charge is -2.36.